The fourth-order valence-electron chi connectivity index (χ4n) is 2.05. The molecule has 2 rings (SSSR count). The molecule has 0 aliphatic carbocycles. The van der Waals surface area contributed by atoms with Crippen LogP contribution in [0.2, 0.25) is 5.02 Å². The molecular formula is C17H20ClNO. The number of ether oxygens (including phenoxy) is 1. The molecule has 0 unspecified atom stereocenters. The minimum Gasteiger partial charge on any atom is -0.497 e. The lowest BCUT2D eigenvalue weighted by Crippen LogP contribution is -2.18. The molecule has 0 saturated carbocycles. The number of nitrogens with one attached hydrogen (secondary N) is 1. The van der Waals surface area contributed by atoms with E-state index >= 15 is 0 Å². The van der Waals surface area contributed by atoms with Crippen LogP contribution in [0.15, 0.2) is 42.5 Å². The van der Waals surface area contributed by atoms with Crippen LogP contribution in [0.3, 0.4) is 0 Å². The van der Waals surface area contributed by atoms with Crippen LogP contribution >= 0.6 is 11.6 Å². The van der Waals surface area contributed by atoms with Crippen molar-refractivity contribution < 1.29 is 4.74 Å². The van der Waals surface area contributed by atoms with Crippen molar-refractivity contribution in [3.05, 3.63) is 64.2 Å². The van der Waals surface area contributed by atoms with Crippen LogP contribution in [0, 0.1) is 6.92 Å². The van der Waals surface area contributed by atoms with Gasteiger partial charge in [-0.15, -0.1) is 0 Å². The second-order valence-electron chi connectivity index (χ2n) is 4.96. The quantitative estimate of drug-likeness (QED) is 0.874. The van der Waals surface area contributed by atoms with Gasteiger partial charge in [0.1, 0.15) is 5.75 Å². The summed E-state index contributed by atoms with van der Waals surface area (Å²) in [4.78, 5) is 0. The molecule has 0 bridgehead atoms. The van der Waals surface area contributed by atoms with Crippen molar-refractivity contribution in [2.45, 2.75) is 26.4 Å². The summed E-state index contributed by atoms with van der Waals surface area (Å²) in [6.45, 7) is 4.95. The van der Waals surface area contributed by atoms with E-state index in [9.17, 15) is 0 Å². The SMILES string of the molecule is COc1cccc([C@H](C)NCc2ccc(C)c(Cl)c2)c1. The second-order valence-corrected chi connectivity index (χ2v) is 5.37. The molecule has 2 nitrogen and oxygen atoms in total. The highest BCUT2D eigenvalue weighted by molar-refractivity contribution is 6.31. The molecule has 0 aliphatic rings. The normalized spacial score (nSPS) is 12.2. The predicted molar refractivity (Wildman–Crippen MR) is 84.4 cm³/mol. The highest BCUT2D eigenvalue weighted by Gasteiger charge is 2.06. The Bertz CT molecular complexity index is 583. The highest BCUT2D eigenvalue weighted by Crippen LogP contribution is 2.20. The van der Waals surface area contributed by atoms with Crippen LogP contribution < -0.4 is 10.1 Å². The molecule has 0 aliphatic heterocycles. The molecule has 0 radical (unpaired) electrons. The van der Waals surface area contributed by atoms with Crippen LogP contribution in [-0.2, 0) is 6.54 Å². The van der Waals surface area contributed by atoms with Gasteiger partial charge in [0.25, 0.3) is 0 Å². The number of rotatable bonds is 5. The minimum absolute atomic E-state index is 0.255. The topological polar surface area (TPSA) is 21.3 Å². The van der Waals surface area contributed by atoms with Gasteiger partial charge in [0, 0.05) is 17.6 Å². The van der Waals surface area contributed by atoms with E-state index in [0.717, 1.165) is 22.9 Å². The van der Waals surface area contributed by atoms with Crippen molar-refractivity contribution in [1.82, 2.24) is 5.32 Å². The monoisotopic (exact) mass is 289 g/mol. The molecular weight excluding hydrogens is 270 g/mol. The summed E-state index contributed by atoms with van der Waals surface area (Å²) in [5.74, 6) is 0.884. The van der Waals surface area contributed by atoms with Crippen molar-refractivity contribution in [3.8, 4) is 5.75 Å². The van der Waals surface area contributed by atoms with E-state index in [1.807, 2.05) is 25.1 Å². The molecule has 2 aromatic carbocycles. The highest BCUT2D eigenvalue weighted by atomic mass is 35.5. The summed E-state index contributed by atoms with van der Waals surface area (Å²) >= 11 is 6.14. The average Bonchev–Trinajstić information content (AvgIpc) is 2.48. The van der Waals surface area contributed by atoms with Crippen LogP contribution in [-0.4, -0.2) is 7.11 Å². The van der Waals surface area contributed by atoms with Crippen LogP contribution in [0.5, 0.6) is 5.75 Å². The van der Waals surface area contributed by atoms with E-state index in [2.05, 4.69) is 36.5 Å². The Morgan fingerprint density at radius 1 is 1.20 bits per heavy atom. The summed E-state index contributed by atoms with van der Waals surface area (Å²) in [6, 6.07) is 14.5. The first-order chi connectivity index (χ1) is 9.60. The maximum atomic E-state index is 6.14. The molecule has 0 aromatic heterocycles. The fourth-order valence-corrected chi connectivity index (χ4v) is 2.25. The maximum Gasteiger partial charge on any atom is 0.119 e. The molecule has 1 atom stereocenters. The van der Waals surface area contributed by atoms with Gasteiger partial charge in [0.05, 0.1) is 7.11 Å². The first-order valence-corrected chi connectivity index (χ1v) is 7.10. The first-order valence-electron chi connectivity index (χ1n) is 6.72. The van der Waals surface area contributed by atoms with Gasteiger partial charge in [-0.1, -0.05) is 35.9 Å². The van der Waals surface area contributed by atoms with Gasteiger partial charge in [-0.25, -0.2) is 0 Å². The zero-order chi connectivity index (χ0) is 14.5. The van der Waals surface area contributed by atoms with Crippen LogP contribution in [0.4, 0.5) is 0 Å². The molecule has 2 aromatic rings. The summed E-state index contributed by atoms with van der Waals surface area (Å²) in [5.41, 5.74) is 3.51. The molecule has 1 N–H and O–H groups in total. The zero-order valence-electron chi connectivity index (χ0n) is 12.1. The lowest BCUT2D eigenvalue weighted by molar-refractivity contribution is 0.413. The summed E-state index contributed by atoms with van der Waals surface area (Å²) in [7, 11) is 1.69. The minimum atomic E-state index is 0.255. The third-order valence-electron chi connectivity index (χ3n) is 3.44. The molecule has 0 fully saturated rings. The van der Waals surface area contributed by atoms with Gasteiger partial charge in [0.15, 0.2) is 0 Å². The van der Waals surface area contributed by atoms with Crippen molar-refractivity contribution in [2.75, 3.05) is 7.11 Å². The van der Waals surface area contributed by atoms with E-state index in [1.165, 1.54) is 11.1 Å². The van der Waals surface area contributed by atoms with Gasteiger partial charge < -0.3 is 10.1 Å². The molecule has 106 valence electrons. The third-order valence-corrected chi connectivity index (χ3v) is 3.85. The Balaban J connectivity index is 2.00. The Hall–Kier alpha value is -1.51. The standard InChI is InChI=1S/C17H20ClNO/c1-12-7-8-14(9-17(12)18)11-19-13(2)15-5-4-6-16(10-15)20-3/h4-10,13,19H,11H2,1-3H3/t13-/m0/s1. The van der Waals surface area contributed by atoms with Gasteiger partial charge >= 0.3 is 0 Å². The van der Waals surface area contributed by atoms with Crippen molar-refractivity contribution in [3.63, 3.8) is 0 Å². The van der Waals surface area contributed by atoms with Crippen LogP contribution in [0.25, 0.3) is 0 Å². The fraction of sp³-hybridized carbons (Fsp3) is 0.294. The van der Waals surface area contributed by atoms with Crippen molar-refractivity contribution in [2.24, 2.45) is 0 Å². The van der Waals surface area contributed by atoms with Gasteiger partial charge in [-0.3, -0.25) is 0 Å². The van der Waals surface area contributed by atoms with Crippen molar-refractivity contribution in [1.29, 1.82) is 0 Å². The zero-order valence-corrected chi connectivity index (χ0v) is 12.9. The largest absolute Gasteiger partial charge is 0.497 e. The number of hydrogen-bond donors (Lipinski definition) is 1. The summed E-state index contributed by atoms with van der Waals surface area (Å²) < 4.78 is 5.25. The smallest absolute Gasteiger partial charge is 0.119 e. The Labute approximate surface area is 125 Å². The van der Waals surface area contributed by atoms with E-state index < -0.39 is 0 Å². The first kappa shape index (κ1) is 14.9. The number of methoxy groups -OCH3 is 1. The number of halogens is 1. The van der Waals surface area contributed by atoms with Gasteiger partial charge in [-0.2, -0.15) is 0 Å². The summed E-state index contributed by atoms with van der Waals surface area (Å²) in [5, 5.41) is 4.32. The molecule has 0 spiro atoms. The molecule has 20 heavy (non-hydrogen) atoms. The van der Waals surface area contributed by atoms with E-state index in [0.29, 0.717) is 0 Å². The number of hydrogen-bond acceptors (Lipinski definition) is 2. The van der Waals surface area contributed by atoms with Gasteiger partial charge in [0.2, 0.25) is 0 Å². The second kappa shape index (κ2) is 6.78. The number of aryl methyl sites for hydroxylation is 1. The molecule has 3 heteroatoms. The van der Waals surface area contributed by atoms with E-state index in [4.69, 9.17) is 16.3 Å². The molecule has 0 saturated heterocycles. The lowest BCUT2D eigenvalue weighted by Gasteiger charge is -2.15. The third kappa shape index (κ3) is 3.75. The Morgan fingerprint density at radius 2 is 2.00 bits per heavy atom. The predicted octanol–water partition coefficient (Wildman–Crippen LogP) is 4.51. The van der Waals surface area contributed by atoms with E-state index in [-0.39, 0.29) is 6.04 Å². The van der Waals surface area contributed by atoms with E-state index in [1.54, 1.807) is 7.11 Å². The van der Waals surface area contributed by atoms with Crippen LogP contribution in [0.1, 0.15) is 29.7 Å². The molecule has 0 heterocycles. The maximum absolute atomic E-state index is 6.14. The average molecular weight is 290 g/mol. The summed E-state index contributed by atoms with van der Waals surface area (Å²) in [6.07, 6.45) is 0. The Morgan fingerprint density at radius 3 is 2.70 bits per heavy atom. The van der Waals surface area contributed by atoms with Crippen molar-refractivity contribution >= 4 is 11.6 Å². The van der Waals surface area contributed by atoms with Gasteiger partial charge in [-0.05, 0) is 48.7 Å². The Kier molecular flexibility index (Phi) is 5.05. The molecule has 0 amide bonds. The lowest BCUT2D eigenvalue weighted by atomic mass is 10.1. The number of benzene rings is 2.